The van der Waals surface area contributed by atoms with E-state index in [2.05, 4.69) is 52.7 Å². The van der Waals surface area contributed by atoms with E-state index in [1.165, 1.54) is 26.7 Å². The van der Waals surface area contributed by atoms with Gasteiger partial charge in [-0.3, -0.25) is 4.68 Å². The minimum Gasteiger partial charge on any atom is -0.363 e. The highest BCUT2D eigenvalue weighted by Gasteiger charge is 2.17. The van der Waals surface area contributed by atoms with Crippen LogP contribution in [0.1, 0.15) is 11.1 Å². The lowest BCUT2D eigenvalue weighted by atomic mass is 10.2. The van der Waals surface area contributed by atoms with E-state index in [4.69, 9.17) is 0 Å². The fourth-order valence-corrected chi connectivity index (χ4v) is 3.98. The monoisotopic (exact) mass is 308 g/mol. The minimum atomic E-state index is 0.771. The molecule has 0 amide bonds. The zero-order valence-corrected chi connectivity index (χ0v) is 13.3. The zero-order valence-electron chi connectivity index (χ0n) is 12.5. The molecule has 0 unspecified atom stereocenters. The summed E-state index contributed by atoms with van der Waals surface area (Å²) < 4.78 is 3.13. The van der Waals surface area contributed by atoms with E-state index in [0.717, 1.165) is 17.2 Å². The highest BCUT2D eigenvalue weighted by atomic mass is 32.1. The van der Waals surface area contributed by atoms with Crippen molar-refractivity contribution in [2.45, 2.75) is 13.5 Å². The molecule has 1 aromatic carbocycles. The number of pyridine rings is 1. The molecule has 1 N–H and O–H groups in total. The van der Waals surface area contributed by atoms with Gasteiger partial charge in [-0.1, -0.05) is 30.3 Å². The second-order valence-corrected chi connectivity index (χ2v) is 6.40. The van der Waals surface area contributed by atoms with Crippen molar-refractivity contribution in [2.75, 3.05) is 5.32 Å². The molecule has 22 heavy (non-hydrogen) atoms. The van der Waals surface area contributed by atoms with Crippen LogP contribution < -0.4 is 5.32 Å². The highest BCUT2D eigenvalue weighted by Crippen LogP contribution is 2.38. The number of benzene rings is 1. The SMILES string of the molecule is Cc1ccnc2sc3c(NCc4ccccc4)nn(C)c3c12. The molecule has 4 nitrogen and oxygen atoms in total. The minimum absolute atomic E-state index is 0.771. The van der Waals surface area contributed by atoms with E-state index in [1.807, 2.05) is 24.0 Å². The van der Waals surface area contributed by atoms with Gasteiger partial charge in [-0.05, 0) is 24.1 Å². The molecule has 3 heterocycles. The van der Waals surface area contributed by atoms with Gasteiger partial charge in [0.25, 0.3) is 0 Å². The van der Waals surface area contributed by atoms with E-state index >= 15 is 0 Å². The number of anilines is 1. The maximum Gasteiger partial charge on any atom is 0.166 e. The Morgan fingerprint density at radius 3 is 2.82 bits per heavy atom. The first-order chi connectivity index (χ1) is 10.7. The Balaban J connectivity index is 1.79. The fourth-order valence-electron chi connectivity index (χ4n) is 2.77. The second-order valence-electron chi connectivity index (χ2n) is 5.40. The van der Waals surface area contributed by atoms with E-state index in [-0.39, 0.29) is 0 Å². The summed E-state index contributed by atoms with van der Waals surface area (Å²) in [5.41, 5.74) is 3.66. The summed E-state index contributed by atoms with van der Waals surface area (Å²) in [5, 5.41) is 9.31. The van der Waals surface area contributed by atoms with Gasteiger partial charge in [-0.2, -0.15) is 5.10 Å². The third-order valence-corrected chi connectivity index (χ3v) is 4.96. The predicted octanol–water partition coefficient (Wildman–Crippen LogP) is 4.10. The van der Waals surface area contributed by atoms with Crippen LogP contribution in [-0.4, -0.2) is 14.8 Å². The summed E-state index contributed by atoms with van der Waals surface area (Å²) >= 11 is 1.70. The molecule has 5 heteroatoms. The third-order valence-electron chi connectivity index (χ3n) is 3.87. The molecule has 110 valence electrons. The quantitative estimate of drug-likeness (QED) is 0.619. The molecule has 0 aliphatic rings. The van der Waals surface area contributed by atoms with Crippen molar-refractivity contribution in [1.82, 2.24) is 14.8 Å². The molecule has 4 rings (SSSR count). The van der Waals surface area contributed by atoms with Gasteiger partial charge in [0.05, 0.1) is 10.2 Å². The summed E-state index contributed by atoms with van der Waals surface area (Å²) in [5.74, 6) is 0.934. The number of aryl methyl sites for hydroxylation is 2. The standard InChI is InChI=1S/C17H16N4S/c1-11-8-9-18-17-13(11)14-15(22-17)16(20-21(14)2)19-10-12-6-4-3-5-7-12/h3-9H,10H2,1-2H3,(H,19,20). The molecule has 0 spiro atoms. The maximum atomic E-state index is 4.64. The summed E-state index contributed by atoms with van der Waals surface area (Å²) in [6, 6.07) is 12.4. The van der Waals surface area contributed by atoms with Crippen molar-refractivity contribution in [2.24, 2.45) is 7.05 Å². The van der Waals surface area contributed by atoms with Crippen molar-refractivity contribution in [3.63, 3.8) is 0 Å². The molecule has 0 saturated carbocycles. The molecule has 0 atom stereocenters. The topological polar surface area (TPSA) is 42.7 Å². The smallest absolute Gasteiger partial charge is 0.166 e. The molecule has 0 saturated heterocycles. The van der Waals surface area contributed by atoms with Gasteiger partial charge in [0.15, 0.2) is 5.82 Å². The lowest BCUT2D eigenvalue weighted by molar-refractivity contribution is 0.799. The molecule has 0 aliphatic heterocycles. The molecule has 0 radical (unpaired) electrons. The average molecular weight is 308 g/mol. The Kier molecular flexibility index (Phi) is 3.08. The number of hydrogen-bond donors (Lipinski definition) is 1. The number of nitrogens with zero attached hydrogens (tertiary/aromatic N) is 3. The Morgan fingerprint density at radius 2 is 2.00 bits per heavy atom. The molecular weight excluding hydrogens is 292 g/mol. The number of hydrogen-bond acceptors (Lipinski definition) is 4. The Morgan fingerprint density at radius 1 is 1.18 bits per heavy atom. The van der Waals surface area contributed by atoms with Gasteiger partial charge in [-0.25, -0.2) is 4.98 Å². The van der Waals surface area contributed by atoms with Crippen LogP contribution in [0.25, 0.3) is 20.4 Å². The normalized spacial score (nSPS) is 11.4. The van der Waals surface area contributed by atoms with Crippen LogP contribution in [0.5, 0.6) is 0 Å². The van der Waals surface area contributed by atoms with Crippen molar-refractivity contribution in [1.29, 1.82) is 0 Å². The first kappa shape index (κ1) is 13.3. The first-order valence-electron chi connectivity index (χ1n) is 7.22. The molecule has 0 bridgehead atoms. The van der Waals surface area contributed by atoms with Gasteiger partial charge < -0.3 is 5.32 Å². The molecule has 4 aromatic rings. The van der Waals surface area contributed by atoms with Crippen LogP contribution in [0, 0.1) is 6.92 Å². The Hall–Kier alpha value is -2.40. The van der Waals surface area contributed by atoms with Gasteiger partial charge in [0.2, 0.25) is 0 Å². The Bertz CT molecular complexity index is 953. The number of thiophene rings is 1. The first-order valence-corrected chi connectivity index (χ1v) is 8.04. The summed E-state index contributed by atoms with van der Waals surface area (Å²) in [7, 11) is 1.99. The van der Waals surface area contributed by atoms with Gasteiger partial charge in [-0.15, -0.1) is 11.3 Å². The summed E-state index contributed by atoms with van der Waals surface area (Å²) in [6.07, 6.45) is 1.87. The zero-order chi connectivity index (χ0) is 15.1. The number of fused-ring (bicyclic) bond motifs is 3. The summed E-state index contributed by atoms with van der Waals surface area (Å²) in [4.78, 5) is 5.58. The highest BCUT2D eigenvalue weighted by molar-refractivity contribution is 7.26. The number of rotatable bonds is 3. The van der Waals surface area contributed by atoms with Crippen LogP contribution in [0.15, 0.2) is 42.6 Å². The van der Waals surface area contributed by atoms with Crippen molar-refractivity contribution >= 4 is 37.6 Å². The van der Waals surface area contributed by atoms with E-state index < -0.39 is 0 Å². The van der Waals surface area contributed by atoms with Gasteiger partial charge in [0.1, 0.15) is 4.83 Å². The Labute approximate surface area is 132 Å². The summed E-state index contributed by atoms with van der Waals surface area (Å²) in [6.45, 7) is 2.90. The number of aromatic nitrogens is 3. The largest absolute Gasteiger partial charge is 0.363 e. The van der Waals surface area contributed by atoms with Gasteiger partial charge in [0, 0.05) is 25.2 Å². The lowest BCUT2D eigenvalue weighted by Crippen LogP contribution is -2.00. The molecule has 3 aromatic heterocycles. The van der Waals surface area contributed by atoms with Crippen LogP contribution in [0.2, 0.25) is 0 Å². The maximum absolute atomic E-state index is 4.64. The van der Waals surface area contributed by atoms with E-state index in [0.29, 0.717) is 0 Å². The van der Waals surface area contributed by atoms with Crippen LogP contribution in [-0.2, 0) is 13.6 Å². The third kappa shape index (κ3) is 2.05. The van der Waals surface area contributed by atoms with Crippen LogP contribution in [0.3, 0.4) is 0 Å². The van der Waals surface area contributed by atoms with Crippen molar-refractivity contribution in [3.05, 3.63) is 53.7 Å². The van der Waals surface area contributed by atoms with Crippen molar-refractivity contribution in [3.8, 4) is 0 Å². The molecule has 0 fully saturated rings. The van der Waals surface area contributed by atoms with Crippen LogP contribution >= 0.6 is 11.3 Å². The van der Waals surface area contributed by atoms with Gasteiger partial charge >= 0.3 is 0 Å². The lowest BCUT2D eigenvalue weighted by Gasteiger charge is -2.02. The van der Waals surface area contributed by atoms with E-state index in [1.54, 1.807) is 11.3 Å². The van der Waals surface area contributed by atoms with Crippen molar-refractivity contribution < 1.29 is 0 Å². The molecular formula is C17H16N4S. The molecule has 0 aliphatic carbocycles. The predicted molar refractivity (Wildman–Crippen MR) is 92.4 cm³/mol. The second kappa shape index (κ2) is 5.10. The average Bonchev–Trinajstić information content (AvgIpc) is 3.05. The fraction of sp³-hybridized carbons (Fsp3) is 0.176. The van der Waals surface area contributed by atoms with Crippen LogP contribution in [0.4, 0.5) is 5.82 Å². The van der Waals surface area contributed by atoms with E-state index in [9.17, 15) is 0 Å². The number of nitrogens with one attached hydrogen (secondary N) is 1.